The van der Waals surface area contributed by atoms with Gasteiger partial charge in [0.1, 0.15) is 65.4 Å². The molecule has 14 rings (SSSR count). The molecule has 0 radical (unpaired) electrons. The average Bonchev–Trinajstić information content (AvgIpc) is 1.40. The molecule has 14 atom stereocenters. The van der Waals surface area contributed by atoms with Crippen molar-refractivity contribution in [2.24, 2.45) is 5.73 Å². The van der Waals surface area contributed by atoms with Crippen LogP contribution in [0.3, 0.4) is 0 Å². The van der Waals surface area contributed by atoms with Gasteiger partial charge >= 0.3 is 5.69 Å². The number of halogens is 2. The Hall–Kier alpha value is -8.22. The van der Waals surface area contributed by atoms with Gasteiger partial charge in [-0.1, -0.05) is 66.7 Å². The summed E-state index contributed by atoms with van der Waals surface area (Å²) >= 11 is 0. The zero-order valence-electron chi connectivity index (χ0n) is 51.4. The highest BCUT2D eigenvalue weighted by Crippen LogP contribution is 2.70. The second-order valence-electron chi connectivity index (χ2n) is 24.8. The Balaban J connectivity index is 0.000000146. The first-order valence-electron chi connectivity index (χ1n) is 30.9. The Bertz CT molecular complexity index is 4040. The highest BCUT2D eigenvalue weighted by molar-refractivity contribution is 6.31. The quantitative estimate of drug-likeness (QED) is 0.0780. The predicted molar refractivity (Wildman–Crippen MR) is 333 cm³/mol. The molecule has 7 aliphatic rings. The first-order chi connectivity index (χ1) is 45.0. The van der Waals surface area contributed by atoms with Crippen molar-refractivity contribution in [3.8, 4) is 23.0 Å². The molecule has 3 aliphatic heterocycles. The maximum atomic E-state index is 15.0. The molecule has 3 saturated heterocycles. The topological polar surface area (TPSA) is 366 Å². The van der Waals surface area contributed by atoms with Crippen LogP contribution < -0.4 is 26.6 Å². The molecule has 0 spiro atoms. The number of benzene rings is 5. The second-order valence-corrected chi connectivity index (χ2v) is 24.8. The first kappa shape index (κ1) is 65.8. The molecule has 5 heterocycles. The molecule has 7 aromatic rings. The number of ketones is 3. The minimum absolute atomic E-state index is 0.0147. The smallest absolute Gasteiger partial charge is 0.351 e. The summed E-state index contributed by atoms with van der Waals surface area (Å²) in [6, 6.07) is 30.2. The zero-order valence-corrected chi connectivity index (χ0v) is 51.4. The van der Waals surface area contributed by atoms with E-state index in [0.29, 0.717) is 6.54 Å². The van der Waals surface area contributed by atoms with Gasteiger partial charge in [0.2, 0.25) is 5.78 Å². The third-order valence-electron chi connectivity index (χ3n) is 19.0. The monoisotopic (exact) mass is 1300 g/mol. The lowest BCUT2D eigenvalue weighted by Gasteiger charge is -2.42. The molecule has 5 aromatic carbocycles. The number of ether oxygens (including phenoxy) is 5. The fourth-order valence-corrected chi connectivity index (χ4v) is 14.1. The molecule has 496 valence electrons. The molecular formula is C68H73F2N7O17. The lowest BCUT2D eigenvalue weighted by Crippen LogP contribution is -2.52. The number of Topliss-reactive ketones (excluding diaryl/α,β-unsaturated/α-hetero) is 1. The summed E-state index contributed by atoms with van der Waals surface area (Å²) in [7, 11) is 1.34. The number of phenols is 2. The minimum Gasteiger partial charge on any atom is -0.507 e. The van der Waals surface area contributed by atoms with Crippen molar-refractivity contribution in [1.82, 2.24) is 24.3 Å². The number of phenolic OH excluding ortho intramolecular Hbond substituents is 2. The zero-order chi connectivity index (χ0) is 66.8. The van der Waals surface area contributed by atoms with Crippen molar-refractivity contribution >= 4 is 34.1 Å². The number of alkyl halides is 2. The number of aromatic nitrogens is 3. The summed E-state index contributed by atoms with van der Waals surface area (Å²) in [5.74, 6) is -6.58. The van der Waals surface area contributed by atoms with E-state index in [9.17, 15) is 63.7 Å². The summed E-state index contributed by atoms with van der Waals surface area (Å²) < 4.78 is 59.2. The van der Waals surface area contributed by atoms with Crippen LogP contribution in [-0.4, -0.2) is 196 Å². The first-order valence-corrected chi connectivity index (χ1v) is 30.9. The van der Waals surface area contributed by atoms with E-state index in [1.165, 1.54) is 44.5 Å². The van der Waals surface area contributed by atoms with E-state index in [1.807, 2.05) is 78.9 Å². The summed E-state index contributed by atoms with van der Waals surface area (Å²) in [5.41, 5.74) is 12.0. The van der Waals surface area contributed by atoms with Gasteiger partial charge in [0.25, 0.3) is 5.92 Å². The van der Waals surface area contributed by atoms with Crippen LogP contribution in [0.5, 0.6) is 23.0 Å². The van der Waals surface area contributed by atoms with E-state index in [-0.39, 0.29) is 59.3 Å². The Morgan fingerprint density at radius 2 is 1.45 bits per heavy atom. The molecule has 2 aromatic heterocycles. The van der Waals surface area contributed by atoms with E-state index in [0.717, 1.165) is 69.7 Å². The van der Waals surface area contributed by atoms with Gasteiger partial charge in [-0.2, -0.15) is 4.98 Å². The van der Waals surface area contributed by atoms with E-state index in [2.05, 4.69) is 19.8 Å². The lowest BCUT2D eigenvalue weighted by atomic mass is 9.72. The number of carbonyl (C=O) groups is 3. The number of nitrogens with two attached hydrogens (primary N) is 2. The predicted octanol–water partition coefficient (Wildman–Crippen LogP) is 3.68. The highest BCUT2D eigenvalue weighted by atomic mass is 19.3. The molecule has 0 amide bonds. The van der Waals surface area contributed by atoms with Crippen molar-refractivity contribution in [2.45, 2.75) is 124 Å². The number of methoxy groups -OCH3 is 1. The van der Waals surface area contributed by atoms with E-state index in [4.69, 9.17) is 40.3 Å². The lowest BCUT2D eigenvalue weighted by molar-refractivity contribution is -0.247. The van der Waals surface area contributed by atoms with Crippen molar-refractivity contribution in [3.05, 3.63) is 182 Å². The molecule has 0 bridgehead atoms. The van der Waals surface area contributed by atoms with Gasteiger partial charge < -0.3 is 76.0 Å². The standard InChI is InChI=1S/C32H31F2N3O2.C27H29NO10.C9H13N3O5/c33-32(34)29-22-7-1-3-9-24(22)31(25-10-4-2-8-23(25)30(29)32)37-17-15-36(16-18-37)19-21(38)20-39-28-13-5-12-27-26(28)11-6-14-35-27;1-10-22(30)14(28)7-17(37-10)38-16-9-27(35,11(2)29)8-13-19(16)26(34)21-20(24(13)32)23(31)12-5-4-6-15(36-3)18(12)25(21)33;10-5-1-2-12(9(16)11-5)8-7(15)6(14)4(3-13)17-8/h1-14,21,29-31,38H,15-20H2;4-6,10,14,16-17,22,30,32,34-35H,7-9,28H2,1-3H3;1-2,4,6-8,13-15H,3H2,(H2,10,11,16)/t21-,29-,30+,31?;10-,14-,16-,17-,22+,27-;4-,6-,7+,8-/m101/s1. The van der Waals surface area contributed by atoms with Gasteiger partial charge in [-0.3, -0.25) is 33.7 Å². The summed E-state index contributed by atoms with van der Waals surface area (Å²) in [6.45, 7) is 6.22. The SMILES string of the molecule is COc1cccc2c1C(=O)c1c(O)c3c(c(O)c1C2=O)C[C@@](O)(C(C)=O)C[C@@H]3O[C@H]1C[C@H](N)[C@H](O)[C@H](C)O1.Nc1ccn([C@@H]2O[C@H](CO)[C@@H](O)[C@@H]2O)c(=O)n1.O[C@@H](COc1cccc2ncccc12)CN1CCN(C2c3ccccc3[C@@H]3[C@H](c4ccccc42)C3(F)F)CC1. The molecule has 1 saturated carbocycles. The Morgan fingerprint density at radius 1 is 0.798 bits per heavy atom. The molecule has 26 heteroatoms. The van der Waals surface area contributed by atoms with Gasteiger partial charge in [-0.05, 0) is 72.5 Å². The number of pyridine rings is 1. The van der Waals surface area contributed by atoms with Crippen LogP contribution in [-0.2, 0) is 25.4 Å². The normalized spacial score (nSPS) is 28.5. The highest BCUT2D eigenvalue weighted by Gasteiger charge is 2.71. The average molecular weight is 1300 g/mol. The van der Waals surface area contributed by atoms with E-state index >= 15 is 0 Å². The summed E-state index contributed by atoms with van der Waals surface area (Å²) in [5, 5.41) is 84.0. The van der Waals surface area contributed by atoms with Gasteiger partial charge in [0.15, 0.2) is 24.1 Å². The molecular weight excluding hydrogens is 1220 g/mol. The fourth-order valence-electron chi connectivity index (χ4n) is 14.1. The number of aliphatic hydroxyl groups is 6. The number of hydrogen-bond donors (Lipinski definition) is 10. The molecule has 4 aliphatic carbocycles. The van der Waals surface area contributed by atoms with Crippen LogP contribution in [0.4, 0.5) is 14.6 Å². The van der Waals surface area contributed by atoms with Gasteiger partial charge in [-0.25, -0.2) is 13.6 Å². The number of nitrogens with zero attached hydrogens (tertiary/aromatic N) is 5. The van der Waals surface area contributed by atoms with Crippen LogP contribution in [0.25, 0.3) is 10.9 Å². The molecule has 24 nitrogen and oxygen atoms in total. The minimum atomic E-state index is -2.70. The third-order valence-corrected chi connectivity index (χ3v) is 19.0. The number of aliphatic hydroxyl groups excluding tert-OH is 5. The number of piperazine rings is 1. The fraction of sp³-hybridized carbons (Fsp3) is 0.412. The summed E-state index contributed by atoms with van der Waals surface area (Å²) in [4.78, 5) is 63.6. The number of β-amino-alcohol motifs (C(OH)–C–C–N with tert-alkyl or cyclic N) is 1. The van der Waals surface area contributed by atoms with Crippen LogP contribution in [0.15, 0.2) is 120 Å². The largest absolute Gasteiger partial charge is 0.507 e. The number of anilines is 1. The Labute approximate surface area is 537 Å². The Kier molecular flexibility index (Phi) is 18.3. The van der Waals surface area contributed by atoms with E-state index in [1.54, 1.807) is 13.1 Å². The third kappa shape index (κ3) is 12.0. The van der Waals surface area contributed by atoms with E-state index < -0.39 is 143 Å². The number of fused-ring (bicyclic) bond motifs is 9. The number of carbonyl (C=O) groups excluding carboxylic acids is 3. The van der Waals surface area contributed by atoms with Crippen LogP contribution in [0.2, 0.25) is 0 Å². The van der Waals surface area contributed by atoms with Gasteiger partial charge in [-0.15, -0.1) is 0 Å². The van der Waals surface area contributed by atoms with Crippen LogP contribution >= 0.6 is 0 Å². The molecule has 1 unspecified atom stereocenters. The van der Waals surface area contributed by atoms with Gasteiger partial charge in [0.05, 0.1) is 72.1 Å². The second kappa shape index (κ2) is 26.2. The van der Waals surface area contributed by atoms with Crippen molar-refractivity contribution in [3.63, 3.8) is 0 Å². The number of rotatable bonds is 12. The van der Waals surface area contributed by atoms with Crippen molar-refractivity contribution in [1.29, 1.82) is 0 Å². The number of hydrogen-bond acceptors (Lipinski definition) is 23. The summed E-state index contributed by atoms with van der Waals surface area (Å²) in [6.07, 6.45) is -6.67. The number of aromatic hydroxyl groups is 2. The molecule has 12 N–H and O–H groups in total. The van der Waals surface area contributed by atoms with Gasteiger partial charge in [0, 0.05) is 92.5 Å². The maximum absolute atomic E-state index is 15.0. The van der Waals surface area contributed by atoms with Crippen molar-refractivity contribution in [2.75, 3.05) is 58.8 Å². The van der Waals surface area contributed by atoms with Crippen LogP contribution in [0.1, 0.15) is 122 Å². The molecule has 4 fully saturated rings. The van der Waals surface area contributed by atoms with Crippen molar-refractivity contribution < 1.29 is 87.7 Å². The number of nitrogen functional groups attached to an aromatic ring is 1. The maximum Gasteiger partial charge on any atom is 0.351 e. The Morgan fingerprint density at radius 3 is 2.07 bits per heavy atom. The van der Waals surface area contributed by atoms with Crippen LogP contribution in [0, 0.1) is 0 Å². The molecule has 94 heavy (non-hydrogen) atoms.